The van der Waals surface area contributed by atoms with E-state index in [1.165, 1.54) is 25.6 Å². The first-order valence-electron chi connectivity index (χ1n) is 8.17. The molecule has 4 rings (SSSR count). The summed E-state index contributed by atoms with van der Waals surface area (Å²) < 4.78 is 6.62. The third-order valence-corrected chi connectivity index (χ3v) is 4.51. The number of esters is 1. The number of ether oxygens (including phenoxy) is 1. The van der Waals surface area contributed by atoms with E-state index in [9.17, 15) is 4.79 Å². The number of fused-ring (bicyclic) bond motifs is 1. The van der Waals surface area contributed by atoms with Gasteiger partial charge < -0.3 is 14.0 Å². The molecule has 0 amide bonds. The van der Waals surface area contributed by atoms with Gasteiger partial charge in [-0.3, -0.25) is 0 Å². The topological polar surface area (TPSA) is 46.8 Å². The highest BCUT2D eigenvalue weighted by molar-refractivity contribution is 5.89. The molecular formula is C19H19N3O2. The van der Waals surface area contributed by atoms with Crippen molar-refractivity contribution in [3.05, 3.63) is 54.4 Å². The van der Waals surface area contributed by atoms with Gasteiger partial charge in [-0.2, -0.15) is 0 Å². The Balaban J connectivity index is 1.64. The lowest BCUT2D eigenvalue weighted by Gasteiger charge is -2.17. The van der Waals surface area contributed by atoms with Gasteiger partial charge in [-0.05, 0) is 37.1 Å². The highest BCUT2D eigenvalue weighted by atomic mass is 16.5. The highest BCUT2D eigenvalue weighted by Crippen LogP contribution is 2.25. The Bertz CT molecular complexity index is 877. The minimum absolute atomic E-state index is 0.345. The van der Waals surface area contributed by atoms with E-state index < -0.39 is 0 Å². The van der Waals surface area contributed by atoms with Crippen LogP contribution in [0.25, 0.3) is 16.9 Å². The molecule has 0 aliphatic carbocycles. The fraction of sp³-hybridized carbons (Fsp3) is 0.263. The highest BCUT2D eigenvalue weighted by Gasteiger charge is 2.13. The zero-order valence-corrected chi connectivity index (χ0v) is 13.6. The minimum atomic E-state index is -0.345. The van der Waals surface area contributed by atoms with Crippen LogP contribution in [0.15, 0.2) is 48.8 Å². The van der Waals surface area contributed by atoms with Crippen molar-refractivity contribution in [3.63, 3.8) is 0 Å². The van der Waals surface area contributed by atoms with Crippen LogP contribution in [0.4, 0.5) is 5.69 Å². The average molecular weight is 321 g/mol. The lowest BCUT2D eigenvalue weighted by molar-refractivity contribution is 0.0600. The largest absolute Gasteiger partial charge is 0.465 e. The quantitative estimate of drug-likeness (QED) is 0.694. The van der Waals surface area contributed by atoms with E-state index in [2.05, 4.69) is 34.1 Å². The van der Waals surface area contributed by atoms with Gasteiger partial charge >= 0.3 is 5.97 Å². The molecule has 0 spiro atoms. The normalized spacial score (nSPS) is 14.3. The number of aromatic nitrogens is 2. The van der Waals surface area contributed by atoms with E-state index in [0.717, 1.165) is 30.0 Å². The SMILES string of the molecule is COC(=O)c1ccc2nc(-c3ccc(N4CCCC4)cc3)cn2c1. The van der Waals surface area contributed by atoms with E-state index in [-0.39, 0.29) is 5.97 Å². The second-order valence-corrected chi connectivity index (χ2v) is 6.04. The van der Waals surface area contributed by atoms with Gasteiger partial charge in [0.15, 0.2) is 0 Å². The number of hydrogen-bond donors (Lipinski definition) is 0. The van der Waals surface area contributed by atoms with E-state index in [1.54, 1.807) is 12.3 Å². The van der Waals surface area contributed by atoms with Crippen molar-refractivity contribution in [2.24, 2.45) is 0 Å². The predicted molar refractivity (Wildman–Crippen MR) is 93.4 cm³/mol. The molecule has 0 bridgehead atoms. The monoisotopic (exact) mass is 321 g/mol. The molecule has 0 atom stereocenters. The Hall–Kier alpha value is -2.82. The summed E-state index contributed by atoms with van der Waals surface area (Å²) in [6.45, 7) is 2.29. The first-order valence-corrected chi connectivity index (χ1v) is 8.17. The fourth-order valence-electron chi connectivity index (χ4n) is 3.19. The van der Waals surface area contributed by atoms with E-state index in [1.807, 2.05) is 16.7 Å². The van der Waals surface area contributed by atoms with Crippen LogP contribution in [-0.4, -0.2) is 35.6 Å². The van der Waals surface area contributed by atoms with E-state index >= 15 is 0 Å². The maximum atomic E-state index is 11.6. The predicted octanol–water partition coefficient (Wildman–Crippen LogP) is 3.39. The van der Waals surface area contributed by atoms with Crippen molar-refractivity contribution in [3.8, 4) is 11.3 Å². The molecule has 5 nitrogen and oxygen atoms in total. The van der Waals surface area contributed by atoms with Crippen LogP contribution in [0.1, 0.15) is 23.2 Å². The van der Waals surface area contributed by atoms with Gasteiger partial charge in [0.2, 0.25) is 0 Å². The molecule has 1 aromatic carbocycles. The zero-order chi connectivity index (χ0) is 16.5. The molecule has 3 aromatic rings. The van der Waals surface area contributed by atoms with Crippen molar-refractivity contribution in [1.82, 2.24) is 9.38 Å². The Morgan fingerprint density at radius 1 is 1.04 bits per heavy atom. The van der Waals surface area contributed by atoms with Gasteiger partial charge in [-0.1, -0.05) is 12.1 Å². The summed E-state index contributed by atoms with van der Waals surface area (Å²) in [5.41, 5.74) is 4.55. The van der Waals surface area contributed by atoms with Crippen molar-refractivity contribution >= 4 is 17.3 Å². The molecule has 24 heavy (non-hydrogen) atoms. The third kappa shape index (κ3) is 2.62. The number of methoxy groups -OCH3 is 1. The molecule has 0 unspecified atom stereocenters. The van der Waals surface area contributed by atoms with Crippen LogP contribution in [0.3, 0.4) is 0 Å². The number of rotatable bonds is 3. The summed E-state index contributed by atoms with van der Waals surface area (Å²) in [6.07, 6.45) is 6.23. The number of benzene rings is 1. The van der Waals surface area contributed by atoms with Crippen LogP contribution in [0.2, 0.25) is 0 Å². The standard InChI is InChI=1S/C19H19N3O2/c1-24-19(23)15-6-9-18-20-17(13-22(18)12-15)14-4-7-16(8-5-14)21-10-2-3-11-21/h4-9,12-13H,2-3,10-11H2,1H3. The smallest absolute Gasteiger partial charge is 0.339 e. The molecule has 1 aliphatic heterocycles. The van der Waals surface area contributed by atoms with Crippen LogP contribution in [-0.2, 0) is 4.74 Å². The van der Waals surface area contributed by atoms with Crippen molar-refractivity contribution in [2.75, 3.05) is 25.1 Å². The molecule has 1 saturated heterocycles. The first-order chi connectivity index (χ1) is 11.7. The summed E-state index contributed by atoms with van der Waals surface area (Å²) >= 11 is 0. The summed E-state index contributed by atoms with van der Waals surface area (Å²) in [6, 6.07) is 12.1. The van der Waals surface area contributed by atoms with Crippen LogP contribution < -0.4 is 4.90 Å². The number of pyridine rings is 1. The van der Waals surface area contributed by atoms with Gasteiger partial charge in [0.05, 0.1) is 18.4 Å². The van der Waals surface area contributed by atoms with Gasteiger partial charge in [0.1, 0.15) is 5.65 Å². The van der Waals surface area contributed by atoms with Crippen molar-refractivity contribution in [1.29, 1.82) is 0 Å². The molecular weight excluding hydrogens is 302 g/mol. The van der Waals surface area contributed by atoms with Gasteiger partial charge in [-0.25, -0.2) is 9.78 Å². The number of hydrogen-bond acceptors (Lipinski definition) is 4. The van der Waals surface area contributed by atoms with E-state index in [0.29, 0.717) is 5.56 Å². The van der Waals surface area contributed by atoms with Crippen LogP contribution in [0, 0.1) is 0 Å². The summed E-state index contributed by atoms with van der Waals surface area (Å²) in [5, 5.41) is 0. The first kappa shape index (κ1) is 14.8. The number of imidazole rings is 1. The maximum Gasteiger partial charge on any atom is 0.339 e. The molecule has 0 radical (unpaired) electrons. The fourth-order valence-corrected chi connectivity index (χ4v) is 3.19. The average Bonchev–Trinajstić information content (AvgIpc) is 3.30. The molecule has 1 aliphatic rings. The Morgan fingerprint density at radius 2 is 1.79 bits per heavy atom. The molecule has 3 heterocycles. The Labute approximate surface area is 140 Å². The number of carbonyl (C=O) groups is 1. The molecule has 122 valence electrons. The number of carbonyl (C=O) groups excluding carboxylic acids is 1. The zero-order valence-electron chi connectivity index (χ0n) is 13.6. The van der Waals surface area contributed by atoms with E-state index in [4.69, 9.17) is 4.74 Å². The summed E-state index contributed by atoms with van der Waals surface area (Å²) in [5.74, 6) is -0.345. The second kappa shape index (κ2) is 6.00. The molecule has 2 aromatic heterocycles. The lowest BCUT2D eigenvalue weighted by Crippen LogP contribution is -2.17. The summed E-state index contributed by atoms with van der Waals surface area (Å²) in [7, 11) is 1.38. The lowest BCUT2D eigenvalue weighted by atomic mass is 10.1. The Kier molecular flexibility index (Phi) is 3.69. The van der Waals surface area contributed by atoms with Gasteiger partial charge in [0, 0.05) is 36.7 Å². The molecule has 0 N–H and O–H groups in total. The Morgan fingerprint density at radius 3 is 2.50 bits per heavy atom. The number of nitrogens with zero attached hydrogens (tertiary/aromatic N) is 3. The summed E-state index contributed by atoms with van der Waals surface area (Å²) in [4.78, 5) is 18.7. The maximum absolute atomic E-state index is 11.6. The molecule has 1 fully saturated rings. The van der Waals surface area contributed by atoms with Gasteiger partial charge in [-0.15, -0.1) is 0 Å². The van der Waals surface area contributed by atoms with Crippen molar-refractivity contribution < 1.29 is 9.53 Å². The van der Waals surface area contributed by atoms with Crippen molar-refractivity contribution in [2.45, 2.75) is 12.8 Å². The van der Waals surface area contributed by atoms with Crippen LogP contribution >= 0.6 is 0 Å². The molecule has 5 heteroatoms. The van der Waals surface area contributed by atoms with Gasteiger partial charge in [0.25, 0.3) is 0 Å². The third-order valence-electron chi connectivity index (χ3n) is 4.51. The van der Waals surface area contributed by atoms with Crippen LogP contribution in [0.5, 0.6) is 0 Å². The molecule has 0 saturated carbocycles. The number of anilines is 1. The minimum Gasteiger partial charge on any atom is -0.465 e. The second-order valence-electron chi connectivity index (χ2n) is 6.04.